The molecule has 2 heterocycles. The molecule has 0 aliphatic heterocycles. The first-order valence-electron chi connectivity index (χ1n) is 11.7. The zero-order valence-corrected chi connectivity index (χ0v) is 20.1. The first-order valence-corrected chi connectivity index (χ1v) is 11.7. The van der Waals surface area contributed by atoms with Gasteiger partial charge in [-0.3, -0.25) is 4.98 Å². The summed E-state index contributed by atoms with van der Waals surface area (Å²) in [6.45, 7) is 10.3. The van der Waals surface area contributed by atoms with Gasteiger partial charge in [-0.1, -0.05) is 45.0 Å². The summed E-state index contributed by atoms with van der Waals surface area (Å²) in [5, 5.41) is 21.7. The molecular weight excluding hydrogens is 408 g/mol. The molecule has 170 valence electrons. The Balaban J connectivity index is 1.77. The molecule has 1 aliphatic carbocycles. The Morgan fingerprint density at radius 3 is 2.36 bits per heavy atom. The Kier molecular flexibility index (Phi) is 5.84. The first kappa shape index (κ1) is 23.1. The van der Waals surface area contributed by atoms with Crippen LogP contribution >= 0.6 is 0 Å². The van der Waals surface area contributed by atoms with Crippen molar-refractivity contribution in [3.63, 3.8) is 0 Å². The summed E-state index contributed by atoms with van der Waals surface area (Å²) in [6.07, 6.45) is 9.58. The Labute approximate surface area is 196 Å². The zero-order chi connectivity index (χ0) is 23.9. The summed E-state index contributed by atoms with van der Waals surface area (Å²) in [4.78, 5) is 13.1. The molecule has 0 spiro atoms. The van der Waals surface area contributed by atoms with Crippen LogP contribution in [0.25, 0.3) is 11.1 Å². The van der Waals surface area contributed by atoms with Gasteiger partial charge in [-0.15, -0.1) is 0 Å². The van der Waals surface area contributed by atoms with E-state index in [4.69, 9.17) is 4.98 Å². The van der Waals surface area contributed by atoms with Crippen LogP contribution in [0.5, 0.6) is 0 Å². The standard InChI is InChI=1S/C28H32N4O/c1-6-20-13-22(26(3,4)17-29)8-9-24(20)21-7-10-25(32-14-21)28(33,23-15-30-18-31-16-23)27(5)12-11-19(27)2/h7-10,13-16,18-19,33H,6,11-12H2,1-5H3. The lowest BCUT2D eigenvalue weighted by Gasteiger charge is -2.55. The fourth-order valence-electron chi connectivity index (χ4n) is 5.05. The molecule has 0 bridgehead atoms. The Bertz CT molecular complexity index is 1180. The number of aryl methyl sites for hydroxylation is 1. The van der Waals surface area contributed by atoms with Crippen molar-refractivity contribution in [1.29, 1.82) is 5.26 Å². The number of aliphatic hydroxyl groups is 1. The van der Waals surface area contributed by atoms with Gasteiger partial charge in [0.2, 0.25) is 0 Å². The average molecular weight is 441 g/mol. The van der Waals surface area contributed by atoms with E-state index in [1.165, 1.54) is 11.9 Å². The van der Waals surface area contributed by atoms with Gasteiger partial charge in [0.05, 0.1) is 17.2 Å². The Hall–Kier alpha value is -3.10. The van der Waals surface area contributed by atoms with Crippen molar-refractivity contribution in [1.82, 2.24) is 15.0 Å². The van der Waals surface area contributed by atoms with Crippen molar-refractivity contribution >= 4 is 0 Å². The van der Waals surface area contributed by atoms with Crippen LogP contribution in [0.3, 0.4) is 0 Å². The summed E-state index contributed by atoms with van der Waals surface area (Å²) >= 11 is 0. The van der Waals surface area contributed by atoms with Gasteiger partial charge in [-0.25, -0.2) is 9.97 Å². The lowest BCUT2D eigenvalue weighted by Crippen LogP contribution is -2.54. The third-order valence-corrected chi connectivity index (χ3v) is 7.92. The molecule has 1 saturated carbocycles. The summed E-state index contributed by atoms with van der Waals surface area (Å²) in [7, 11) is 0. The quantitative estimate of drug-likeness (QED) is 0.541. The normalized spacial score (nSPS) is 22.2. The monoisotopic (exact) mass is 440 g/mol. The molecule has 3 unspecified atom stereocenters. The van der Waals surface area contributed by atoms with Crippen LogP contribution in [0.4, 0.5) is 0 Å². The van der Waals surface area contributed by atoms with Crippen molar-refractivity contribution in [2.75, 3.05) is 0 Å². The Morgan fingerprint density at radius 1 is 1.12 bits per heavy atom. The van der Waals surface area contributed by atoms with E-state index in [0.29, 0.717) is 17.2 Å². The highest BCUT2D eigenvalue weighted by Gasteiger charge is 2.57. The van der Waals surface area contributed by atoms with E-state index in [0.717, 1.165) is 36.0 Å². The summed E-state index contributed by atoms with van der Waals surface area (Å²) in [6, 6.07) is 12.6. The van der Waals surface area contributed by atoms with Crippen LogP contribution in [0.2, 0.25) is 0 Å². The van der Waals surface area contributed by atoms with E-state index in [1.54, 1.807) is 12.4 Å². The highest BCUT2D eigenvalue weighted by Crippen LogP contribution is 2.59. The summed E-state index contributed by atoms with van der Waals surface area (Å²) < 4.78 is 0. The molecule has 1 fully saturated rings. The number of aromatic nitrogens is 3. The van der Waals surface area contributed by atoms with Crippen LogP contribution in [0.15, 0.2) is 55.2 Å². The van der Waals surface area contributed by atoms with Crippen molar-refractivity contribution in [2.24, 2.45) is 11.3 Å². The fourth-order valence-corrected chi connectivity index (χ4v) is 5.05. The number of hydrogen-bond acceptors (Lipinski definition) is 5. The maximum atomic E-state index is 12.1. The lowest BCUT2D eigenvalue weighted by atomic mass is 9.51. The van der Waals surface area contributed by atoms with Crippen molar-refractivity contribution < 1.29 is 5.11 Å². The second-order valence-electron chi connectivity index (χ2n) is 10.1. The highest BCUT2D eigenvalue weighted by atomic mass is 16.3. The third kappa shape index (κ3) is 3.63. The number of nitriles is 1. The predicted octanol–water partition coefficient (Wildman–Crippen LogP) is 5.57. The smallest absolute Gasteiger partial charge is 0.140 e. The molecule has 3 atom stereocenters. The van der Waals surface area contributed by atoms with Gasteiger partial charge in [-0.05, 0) is 61.8 Å². The van der Waals surface area contributed by atoms with Crippen LogP contribution in [-0.2, 0) is 17.4 Å². The first-order chi connectivity index (χ1) is 15.7. The van der Waals surface area contributed by atoms with E-state index in [2.05, 4.69) is 48.9 Å². The fraction of sp³-hybridized carbons (Fsp3) is 0.429. The second-order valence-corrected chi connectivity index (χ2v) is 10.1. The number of hydrogen-bond donors (Lipinski definition) is 1. The summed E-state index contributed by atoms with van der Waals surface area (Å²) in [5.74, 6) is 0.354. The van der Waals surface area contributed by atoms with E-state index >= 15 is 0 Å². The maximum Gasteiger partial charge on any atom is 0.140 e. The molecule has 3 aromatic rings. The SMILES string of the molecule is CCc1cc(C(C)(C)C#N)ccc1-c1ccc(C(O)(c2cncnc2)C2(C)CCC2C)nc1. The molecule has 4 rings (SSSR count). The van der Waals surface area contributed by atoms with E-state index in [-0.39, 0.29) is 5.41 Å². The molecule has 1 N–H and O–H groups in total. The molecule has 5 nitrogen and oxygen atoms in total. The lowest BCUT2D eigenvalue weighted by molar-refractivity contribution is -0.133. The number of benzene rings is 1. The van der Waals surface area contributed by atoms with E-state index in [1.807, 2.05) is 38.2 Å². The van der Waals surface area contributed by atoms with Crippen LogP contribution in [-0.4, -0.2) is 20.1 Å². The highest BCUT2D eigenvalue weighted by molar-refractivity contribution is 5.68. The van der Waals surface area contributed by atoms with Gasteiger partial charge in [0.25, 0.3) is 0 Å². The van der Waals surface area contributed by atoms with E-state index in [9.17, 15) is 10.4 Å². The number of nitrogens with zero attached hydrogens (tertiary/aromatic N) is 4. The minimum Gasteiger partial charge on any atom is -0.378 e. The second kappa shape index (κ2) is 8.35. The summed E-state index contributed by atoms with van der Waals surface area (Å²) in [5.41, 5.74) is 3.45. The van der Waals surface area contributed by atoms with Crippen molar-refractivity contribution in [2.45, 2.75) is 64.9 Å². The topological polar surface area (TPSA) is 82.7 Å². The van der Waals surface area contributed by atoms with Gasteiger partial charge in [0.15, 0.2) is 0 Å². The average Bonchev–Trinajstić information content (AvgIpc) is 2.86. The number of pyridine rings is 1. The molecule has 2 aromatic heterocycles. The maximum absolute atomic E-state index is 12.1. The van der Waals surface area contributed by atoms with E-state index < -0.39 is 11.0 Å². The van der Waals surface area contributed by atoms with Gasteiger partial charge >= 0.3 is 0 Å². The largest absolute Gasteiger partial charge is 0.378 e. The molecule has 5 heteroatoms. The molecule has 1 aromatic carbocycles. The third-order valence-electron chi connectivity index (χ3n) is 7.92. The molecule has 1 aliphatic rings. The van der Waals surface area contributed by atoms with Gasteiger partial charge in [-0.2, -0.15) is 5.26 Å². The van der Waals surface area contributed by atoms with Gasteiger partial charge in [0.1, 0.15) is 11.9 Å². The molecule has 33 heavy (non-hydrogen) atoms. The van der Waals surface area contributed by atoms with Crippen molar-refractivity contribution in [3.8, 4) is 17.2 Å². The molecule has 0 saturated heterocycles. The van der Waals surface area contributed by atoms with Gasteiger partial charge in [0, 0.05) is 35.1 Å². The Morgan fingerprint density at radius 2 is 1.85 bits per heavy atom. The molecular formula is C28H32N4O. The van der Waals surface area contributed by atoms with Crippen LogP contribution < -0.4 is 0 Å². The van der Waals surface area contributed by atoms with Crippen LogP contribution in [0.1, 0.15) is 69.8 Å². The number of rotatable bonds is 6. The minimum absolute atomic E-state index is 0.342. The zero-order valence-electron chi connectivity index (χ0n) is 20.1. The van der Waals surface area contributed by atoms with Crippen LogP contribution in [0, 0.1) is 22.7 Å². The molecule has 0 amide bonds. The molecule has 0 radical (unpaired) electrons. The minimum atomic E-state index is -1.27. The van der Waals surface area contributed by atoms with Gasteiger partial charge < -0.3 is 5.11 Å². The predicted molar refractivity (Wildman–Crippen MR) is 129 cm³/mol. The van der Waals surface area contributed by atoms with Crippen molar-refractivity contribution in [3.05, 3.63) is 77.6 Å².